The first kappa shape index (κ1) is 18.0. The molecule has 0 fully saturated rings. The van der Waals surface area contributed by atoms with Crippen LogP contribution in [0.15, 0.2) is 24.8 Å². The summed E-state index contributed by atoms with van der Waals surface area (Å²) in [6.07, 6.45) is 6.21. The number of carboxylic acids is 1. The van der Waals surface area contributed by atoms with Gasteiger partial charge in [0.15, 0.2) is 0 Å². The van der Waals surface area contributed by atoms with Crippen molar-refractivity contribution >= 4 is 11.9 Å². The van der Waals surface area contributed by atoms with Gasteiger partial charge in [-0.15, -0.1) is 0 Å². The van der Waals surface area contributed by atoms with Crippen LogP contribution in [-0.2, 0) is 17.6 Å². The van der Waals surface area contributed by atoms with E-state index in [2.05, 4.69) is 20.4 Å². The summed E-state index contributed by atoms with van der Waals surface area (Å²) in [5.74, 6) is -1.01. The summed E-state index contributed by atoms with van der Waals surface area (Å²) in [5, 5.41) is 9.41. The molecule has 0 saturated carbocycles. The molecule has 0 atom stereocenters. The first-order chi connectivity index (χ1) is 10.5. The van der Waals surface area contributed by atoms with Crippen LogP contribution in [0.4, 0.5) is 0 Å². The van der Waals surface area contributed by atoms with Crippen LogP contribution in [-0.4, -0.2) is 17.0 Å². The van der Waals surface area contributed by atoms with Crippen molar-refractivity contribution in [2.24, 2.45) is 0 Å². The topological polar surface area (TPSA) is 63.6 Å². The normalized spacial score (nSPS) is 10.3. The average molecular weight is 304 g/mol. The average Bonchev–Trinajstić information content (AvgIpc) is 2.51. The molecule has 0 aliphatic heterocycles. The zero-order chi connectivity index (χ0) is 16.5. The second-order valence-electron chi connectivity index (χ2n) is 5.25. The summed E-state index contributed by atoms with van der Waals surface area (Å²) in [6, 6.07) is 3.35. The van der Waals surface area contributed by atoms with Crippen molar-refractivity contribution in [2.45, 2.75) is 52.4 Å². The number of benzene rings is 1. The van der Waals surface area contributed by atoms with Gasteiger partial charge in [0.05, 0.1) is 5.56 Å². The van der Waals surface area contributed by atoms with E-state index in [4.69, 9.17) is 4.74 Å². The van der Waals surface area contributed by atoms with Crippen LogP contribution in [0.5, 0.6) is 5.75 Å². The van der Waals surface area contributed by atoms with Crippen LogP contribution in [0.2, 0.25) is 0 Å². The number of rotatable bonds is 9. The van der Waals surface area contributed by atoms with Gasteiger partial charge < -0.3 is 9.84 Å². The molecule has 0 saturated heterocycles. The van der Waals surface area contributed by atoms with Crippen molar-refractivity contribution in [3.8, 4) is 5.75 Å². The minimum Gasteiger partial charge on any atom is -0.478 e. The smallest absolute Gasteiger partial charge is 0.335 e. The standard InChI is InChI=1S/C18H24O4/c1-4-7-9-13-12-16(22-17(19)6-3)14(10-8-5-2)11-15(13)18(20)21/h6,11-12H,3-5,7-10H2,1-2H3,(H,20,21). The minimum absolute atomic E-state index is 0.304. The molecular weight excluding hydrogens is 280 g/mol. The fourth-order valence-electron chi connectivity index (χ4n) is 2.25. The van der Waals surface area contributed by atoms with Gasteiger partial charge in [-0.1, -0.05) is 33.3 Å². The van der Waals surface area contributed by atoms with E-state index < -0.39 is 11.9 Å². The quantitative estimate of drug-likeness (QED) is 0.422. The highest BCUT2D eigenvalue weighted by Crippen LogP contribution is 2.27. The monoisotopic (exact) mass is 304 g/mol. The van der Waals surface area contributed by atoms with Gasteiger partial charge in [-0.3, -0.25) is 0 Å². The van der Waals surface area contributed by atoms with E-state index in [-0.39, 0.29) is 0 Å². The fourth-order valence-corrected chi connectivity index (χ4v) is 2.25. The molecule has 0 aromatic heterocycles. The molecule has 0 aliphatic rings. The predicted molar refractivity (Wildman–Crippen MR) is 86.5 cm³/mol. The number of hydrogen-bond donors (Lipinski definition) is 1. The Labute approximate surface area is 131 Å². The summed E-state index contributed by atoms with van der Waals surface area (Å²) >= 11 is 0. The lowest BCUT2D eigenvalue weighted by molar-refractivity contribution is -0.129. The highest BCUT2D eigenvalue weighted by molar-refractivity contribution is 5.90. The maximum Gasteiger partial charge on any atom is 0.335 e. The molecule has 120 valence electrons. The molecule has 0 radical (unpaired) electrons. The second-order valence-corrected chi connectivity index (χ2v) is 5.25. The van der Waals surface area contributed by atoms with E-state index in [0.717, 1.165) is 37.3 Å². The SMILES string of the molecule is C=CC(=O)Oc1cc(CCCC)c(C(=O)O)cc1CCCC. The van der Waals surface area contributed by atoms with Crippen molar-refractivity contribution in [1.82, 2.24) is 0 Å². The van der Waals surface area contributed by atoms with Crippen molar-refractivity contribution in [3.63, 3.8) is 0 Å². The van der Waals surface area contributed by atoms with E-state index in [9.17, 15) is 14.7 Å². The molecule has 1 rings (SSSR count). The zero-order valence-electron chi connectivity index (χ0n) is 13.4. The Hall–Kier alpha value is -2.10. The Morgan fingerprint density at radius 1 is 1.14 bits per heavy atom. The third kappa shape index (κ3) is 5.02. The molecule has 1 aromatic rings. The maximum atomic E-state index is 11.5. The summed E-state index contributed by atoms with van der Waals surface area (Å²) in [4.78, 5) is 23.0. The van der Waals surface area contributed by atoms with Gasteiger partial charge in [-0.2, -0.15) is 0 Å². The van der Waals surface area contributed by atoms with Gasteiger partial charge in [-0.25, -0.2) is 9.59 Å². The number of esters is 1. The Balaban J connectivity index is 3.26. The number of carbonyl (C=O) groups excluding carboxylic acids is 1. The molecule has 1 N–H and O–H groups in total. The second kappa shape index (κ2) is 9.03. The molecule has 4 heteroatoms. The van der Waals surface area contributed by atoms with Crippen molar-refractivity contribution < 1.29 is 19.4 Å². The van der Waals surface area contributed by atoms with Crippen LogP contribution in [0.3, 0.4) is 0 Å². The molecule has 0 unspecified atom stereocenters. The number of aromatic carboxylic acids is 1. The summed E-state index contributed by atoms with van der Waals surface area (Å²) < 4.78 is 5.30. The molecule has 0 aliphatic carbocycles. The van der Waals surface area contributed by atoms with Crippen molar-refractivity contribution in [2.75, 3.05) is 0 Å². The van der Waals surface area contributed by atoms with Gasteiger partial charge in [0.2, 0.25) is 0 Å². The van der Waals surface area contributed by atoms with Crippen molar-refractivity contribution in [1.29, 1.82) is 0 Å². The predicted octanol–water partition coefficient (Wildman–Crippen LogP) is 4.16. The zero-order valence-corrected chi connectivity index (χ0v) is 13.4. The molecule has 0 heterocycles. The van der Waals surface area contributed by atoms with Gasteiger partial charge in [0.25, 0.3) is 0 Å². The molecule has 4 nitrogen and oxygen atoms in total. The van der Waals surface area contributed by atoms with E-state index in [0.29, 0.717) is 29.7 Å². The van der Waals surface area contributed by atoms with E-state index >= 15 is 0 Å². The summed E-state index contributed by atoms with van der Waals surface area (Å²) in [6.45, 7) is 7.51. The number of hydrogen-bond acceptors (Lipinski definition) is 3. The summed E-state index contributed by atoms with van der Waals surface area (Å²) in [5.41, 5.74) is 1.77. The molecular formula is C18H24O4. The van der Waals surface area contributed by atoms with Gasteiger partial charge >= 0.3 is 11.9 Å². The highest BCUT2D eigenvalue weighted by Gasteiger charge is 2.16. The maximum absolute atomic E-state index is 11.5. The third-order valence-corrected chi connectivity index (χ3v) is 3.49. The molecule has 22 heavy (non-hydrogen) atoms. The van der Waals surface area contributed by atoms with Gasteiger partial charge in [0.1, 0.15) is 5.75 Å². The summed E-state index contributed by atoms with van der Waals surface area (Å²) in [7, 11) is 0. The van der Waals surface area contributed by atoms with Crippen LogP contribution in [0, 0.1) is 0 Å². The van der Waals surface area contributed by atoms with E-state index in [1.165, 1.54) is 0 Å². The number of carboxylic acid groups (broad SMARTS) is 1. The first-order valence-electron chi connectivity index (χ1n) is 7.76. The van der Waals surface area contributed by atoms with Crippen LogP contribution < -0.4 is 4.74 Å². The van der Waals surface area contributed by atoms with Crippen LogP contribution in [0.1, 0.15) is 61.0 Å². The Morgan fingerprint density at radius 3 is 2.23 bits per heavy atom. The largest absolute Gasteiger partial charge is 0.478 e. The Bertz CT molecular complexity index is 546. The molecule has 1 aromatic carbocycles. The van der Waals surface area contributed by atoms with Crippen LogP contribution >= 0.6 is 0 Å². The van der Waals surface area contributed by atoms with Gasteiger partial charge in [-0.05, 0) is 48.9 Å². The molecule has 0 bridgehead atoms. The van der Waals surface area contributed by atoms with E-state index in [1.807, 2.05) is 0 Å². The number of ether oxygens (including phenoxy) is 1. The Kier molecular flexibility index (Phi) is 7.37. The lowest BCUT2D eigenvalue weighted by Gasteiger charge is -2.14. The van der Waals surface area contributed by atoms with Crippen molar-refractivity contribution in [3.05, 3.63) is 41.5 Å². The Morgan fingerprint density at radius 2 is 1.73 bits per heavy atom. The fraction of sp³-hybridized carbons (Fsp3) is 0.444. The number of unbranched alkanes of at least 4 members (excludes halogenated alkanes) is 2. The highest BCUT2D eigenvalue weighted by atomic mass is 16.5. The first-order valence-corrected chi connectivity index (χ1v) is 7.76. The van der Waals surface area contributed by atoms with Crippen LogP contribution in [0.25, 0.3) is 0 Å². The lowest BCUT2D eigenvalue weighted by atomic mass is 9.96. The van der Waals surface area contributed by atoms with E-state index in [1.54, 1.807) is 12.1 Å². The number of aryl methyl sites for hydroxylation is 2. The minimum atomic E-state index is -0.939. The van der Waals surface area contributed by atoms with Gasteiger partial charge in [0, 0.05) is 6.08 Å². The molecule has 0 spiro atoms. The number of carbonyl (C=O) groups is 2. The third-order valence-electron chi connectivity index (χ3n) is 3.49. The molecule has 0 amide bonds. The lowest BCUT2D eigenvalue weighted by Crippen LogP contribution is -2.10.